The van der Waals surface area contributed by atoms with Gasteiger partial charge in [-0.05, 0) is 12.1 Å². The Hall–Kier alpha value is -0.740. The molecule has 0 aliphatic heterocycles. The summed E-state index contributed by atoms with van der Waals surface area (Å²) < 4.78 is 67.1. The first kappa shape index (κ1) is 18.3. The Morgan fingerprint density at radius 2 is 1.67 bits per heavy atom. The molecular weight excluding hydrogens is 358 g/mol. The van der Waals surface area contributed by atoms with Crippen molar-refractivity contribution >= 4 is 33.2 Å². The predicted molar refractivity (Wildman–Crippen MR) is 70.2 cm³/mol. The normalized spacial score (nSPS) is 12.5. The molecule has 0 bridgehead atoms. The van der Waals surface area contributed by atoms with Gasteiger partial charge in [0.2, 0.25) is 10.0 Å². The zero-order valence-electron chi connectivity index (χ0n) is 10.3. The van der Waals surface area contributed by atoms with Crippen LogP contribution >= 0.6 is 23.2 Å². The zero-order chi connectivity index (χ0) is 16.3. The van der Waals surface area contributed by atoms with Crippen LogP contribution in [0.3, 0.4) is 0 Å². The molecule has 2 N–H and O–H groups in total. The number of halogens is 5. The highest BCUT2D eigenvalue weighted by atomic mass is 35.5. The van der Waals surface area contributed by atoms with E-state index in [2.05, 4.69) is 4.74 Å². The number of primary sulfonamides is 1. The van der Waals surface area contributed by atoms with Crippen molar-refractivity contribution in [2.45, 2.75) is 11.1 Å². The molecule has 0 radical (unpaired) electrons. The summed E-state index contributed by atoms with van der Waals surface area (Å²) in [6.45, 7) is -1.99. The molecule has 0 unspecified atom stereocenters. The van der Waals surface area contributed by atoms with Gasteiger partial charge in [-0.15, -0.1) is 0 Å². The van der Waals surface area contributed by atoms with Gasteiger partial charge < -0.3 is 9.47 Å². The van der Waals surface area contributed by atoms with Gasteiger partial charge >= 0.3 is 6.18 Å². The summed E-state index contributed by atoms with van der Waals surface area (Å²) in [4.78, 5) is -0.307. The SMILES string of the molecule is NS(=O)(=O)c1cc(Cl)c(OCCOCC(F)(F)F)c(Cl)c1. The maximum absolute atomic E-state index is 11.8. The maximum atomic E-state index is 11.8. The Bertz CT molecular complexity index is 584. The standard InChI is InChI=1S/C10H10Cl2F3NO4S/c11-7-3-6(21(16,17)18)4-8(12)9(7)20-2-1-19-5-10(13,14)15/h3-4H,1-2,5H2,(H2,16,17,18). The van der Waals surface area contributed by atoms with Crippen molar-refractivity contribution in [3.05, 3.63) is 22.2 Å². The number of nitrogens with two attached hydrogens (primary N) is 1. The molecule has 0 aliphatic carbocycles. The van der Waals surface area contributed by atoms with Crippen molar-refractivity contribution < 1.29 is 31.1 Å². The summed E-state index contributed by atoms with van der Waals surface area (Å²) in [7, 11) is -3.98. The van der Waals surface area contributed by atoms with Gasteiger partial charge in [-0.3, -0.25) is 0 Å². The van der Waals surface area contributed by atoms with Gasteiger partial charge in [0.25, 0.3) is 0 Å². The van der Waals surface area contributed by atoms with Gasteiger partial charge in [-0.25, -0.2) is 13.6 Å². The van der Waals surface area contributed by atoms with Crippen LogP contribution in [0.1, 0.15) is 0 Å². The Morgan fingerprint density at radius 3 is 2.10 bits per heavy atom. The number of rotatable bonds is 6. The lowest BCUT2D eigenvalue weighted by Gasteiger charge is -2.12. The molecule has 0 saturated carbocycles. The number of hydrogen-bond donors (Lipinski definition) is 1. The van der Waals surface area contributed by atoms with Crippen molar-refractivity contribution in [3.63, 3.8) is 0 Å². The van der Waals surface area contributed by atoms with Crippen molar-refractivity contribution in [3.8, 4) is 5.75 Å². The van der Waals surface area contributed by atoms with Crippen molar-refractivity contribution in [1.29, 1.82) is 0 Å². The van der Waals surface area contributed by atoms with Crippen LogP contribution in [-0.4, -0.2) is 34.4 Å². The van der Waals surface area contributed by atoms with Gasteiger partial charge in [0.1, 0.15) is 13.2 Å². The smallest absolute Gasteiger partial charge is 0.411 e. The third-order valence-corrected chi connectivity index (χ3v) is 3.49. The van der Waals surface area contributed by atoms with Crippen LogP contribution in [0.2, 0.25) is 10.0 Å². The number of alkyl halides is 3. The predicted octanol–water partition coefficient (Wildman–Crippen LogP) is 2.60. The van der Waals surface area contributed by atoms with Gasteiger partial charge in [0.05, 0.1) is 21.5 Å². The number of sulfonamides is 1. The second-order valence-electron chi connectivity index (χ2n) is 3.78. The zero-order valence-corrected chi connectivity index (χ0v) is 12.6. The minimum atomic E-state index is -4.42. The fourth-order valence-corrected chi connectivity index (χ4v) is 2.52. The summed E-state index contributed by atoms with van der Waals surface area (Å²) in [6.07, 6.45) is -4.42. The number of hydrogen-bond acceptors (Lipinski definition) is 4. The summed E-state index contributed by atoms with van der Waals surface area (Å²) in [6, 6.07) is 2.04. The van der Waals surface area contributed by atoms with Crippen LogP contribution in [0, 0.1) is 0 Å². The molecule has 11 heteroatoms. The highest BCUT2D eigenvalue weighted by Crippen LogP contribution is 2.35. The molecule has 5 nitrogen and oxygen atoms in total. The van der Waals surface area contributed by atoms with Gasteiger partial charge in [-0.1, -0.05) is 23.2 Å². The van der Waals surface area contributed by atoms with Crippen molar-refractivity contribution in [2.24, 2.45) is 5.14 Å². The first-order chi connectivity index (χ1) is 9.50. The molecule has 0 atom stereocenters. The monoisotopic (exact) mass is 367 g/mol. The summed E-state index contributed by atoms with van der Waals surface area (Å²) in [5.41, 5.74) is 0. The van der Waals surface area contributed by atoms with Crippen LogP contribution in [0.25, 0.3) is 0 Å². The third-order valence-electron chi connectivity index (χ3n) is 2.04. The molecule has 0 saturated heterocycles. The molecule has 0 amide bonds. The Balaban J connectivity index is 2.65. The van der Waals surface area contributed by atoms with Crippen LogP contribution in [0.4, 0.5) is 13.2 Å². The van der Waals surface area contributed by atoms with Crippen LogP contribution in [0.15, 0.2) is 17.0 Å². The van der Waals surface area contributed by atoms with E-state index in [1.165, 1.54) is 0 Å². The molecular formula is C10H10Cl2F3NO4S. The van der Waals surface area contributed by atoms with Crippen molar-refractivity contribution in [1.82, 2.24) is 0 Å². The molecule has 120 valence electrons. The molecule has 21 heavy (non-hydrogen) atoms. The second-order valence-corrected chi connectivity index (χ2v) is 6.15. The van der Waals surface area contributed by atoms with Crippen LogP contribution < -0.4 is 9.88 Å². The minimum Gasteiger partial charge on any atom is -0.488 e. The fourth-order valence-electron chi connectivity index (χ4n) is 1.23. The van der Waals surface area contributed by atoms with Gasteiger partial charge in [-0.2, -0.15) is 13.2 Å². The lowest BCUT2D eigenvalue weighted by molar-refractivity contribution is -0.175. The van der Waals surface area contributed by atoms with Gasteiger partial charge in [0, 0.05) is 0 Å². The molecule has 0 heterocycles. The molecule has 0 aromatic heterocycles. The lowest BCUT2D eigenvalue weighted by Crippen LogP contribution is -2.19. The molecule has 1 rings (SSSR count). The summed E-state index contributed by atoms with van der Waals surface area (Å²) in [5, 5.41) is 4.64. The Morgan fingerprint density at radius 1 is 1.14 bits per heavy atom. The topological polar surface area (TPSA) is 78.6 Å². The average Bonchev–Trinajstić information content (AvgIpc) is 2.28. The van der Waals surface area contributed by atoms with E-state index in [1.54, 1.807) is 0 Å². The molecule has 1 aromatic carbocycles. The van der Waals surface area contributed by atoms with Crippen LogP contribution in [-0.2, 0) is 14.8 Å². The van der Waals surface area contributed by atoms with Crippen LogP contribution in [0.5, 0.6) is 5.75 Å². The van der Waals surface area contributed by atoms with E-state index in [0.717, 1.165) is 12.1 Å². The molecule has 1 aromatic rings. The van der Waals surface area contributed by atoms with E-state index in [1.807, 2.05) is 0 Å². The fraction of sp³-hybridized carbons (Fsp3) is 0.400. The highest BCUT2D eigenvalue weighted by Gasteiger charge is 2.27. The third kappa shape index (κ3) is 6.27. The molecule has 0 spiro atoms. The van der Waals surface area contributed by atoms with E-state index < -0.39 is 22.8 Å². The maximum Gasteiger partial charge on any atom is 0.411 e. The van der Waals surface area contributed by atoms with Gasteiger partial charge in [0.15, 0.2) is 5.75 Å². The second kappa shape index (κ2) is 7.01. The van der Waals surface area contributed by atoms with E-state index in [0.29, 0.717) is 0 Å². The van der Waals surface area contributed by atoms with E-state index >= 15 is 0 Å². The van der Waals surface area contributed by atoms with E-state index in [4.69, 9.17) is 33.1 Å². The first-order valence-corrected chi connectivity index (χ1v) is 7.60. The molecule has 0 aliphatic rings. The summed E-state index contributed by atoms with van der Waals surface area (Å²) >= 11 is 11.6. The van der Waals surface area contributed by atoms with Crippen molar-refractivity contribution in [2.75, 3.05) is 19.8 Å². The Labute approximate surface area is 128 Å². The lowest BCUT2D eigenvalue weighted by atomic mass is 10.3. The summed E-state index contributed by atoms with van der Waals surface area (Å²) in [5.74, 6) is -0.0682. The minimum absolute atomic E-state index is 0.0682. The number of benzene rings is 1. The van der Waals surface area contributed by atoms with E-state index in [-0.39, 0.29) is 33.9 Å². The van der Waals surface area contributed by atoms with E-state index in [9.17, 15) is 21.6 Å². The highest BCUT2D eigenvalue weighted by molar-refractivity contribution is 7.89. The first-order valence-electron chi connectivity index (χ1n) is 5.30. The Kier molecular flexibility index (Phi) is 6.11. The molecule has 0 fully saturated rings. The average molecular weight is 368 g/mol. The number of ether oxygens (including phenoxy) is 2. The quantitative estimate of drug-likeness (QED) is 0.783. The largest absolute Gasteiger partial charge is 0.488 e.